The summed E-state index contributed by atoms with van der Waals surface area (Å²) in [7, 11) is 0. The van der Waals surface area contributed by atoms with Gasteiger partial charge >= 0.3 is 0 Å². The zero-order valence-corrected chi connectivity index (χ0v) is 14.5. The van der Waals surface area contributed by atoms with Crippen LogP contribution in [-0.4, -0.2) is 42.0 Å². The number of morpholine rings is 1. The lowest BCUT2D eigenvalue weighted by Gasteiger charge is -2.35. The topological polar surface area (TPSA) is 58.6 Å². The Hall–Kier alpha value is -2.18. The van der Waals surface area contributed by atoms with Crippen LogP contribution in [0.5, 0.6) is 0 Å². The highest BCUT2D eigenvalue weighted by molar-refractivity contribution is 7.08. The second kappa shape index (κ2) is 7.15. The van der Waals surface area contributed by atoms with E-state index in [2.05, 4.69) is 5.32 Å². The lowest BCUT2D eigenvalue weighted by atomic mass is 10.1. The summed E-state index contributed by atoms with van der Waals surface area (Å²) < 4.78 is 5.66. The van der Waals surface area contributed by atoms with Gasteiger partial charge in [-0.3, -0.25) is 9.59 Å². The number of benzene rings is 1. The van der Waals surface area contributed by atoms with Crippen LogP contribution in [-0.2, 0) is 4.74 Å². The van der Waals surface area contributed by atoms with E-state index in [4.69, 9.17) is 4.74 Å². The number of carbonyl (C=O) groups excluding carboxylic acids is 2. The molecule has 0 aliphatic carbocycles. The Kier molecular flexibility index (Phi) is 4.97. The molecule has 0 radical (unpaired) electrons. The van der Waals surface area contributed by atoms with Crippen LogP contribution in [0, 0.1) is 0 Å². The van der Waals surface area contributed by atoms with Crippen molar-refractivity contribution in [2.75, 3.05) is 18.4 Å². The van der Waals surface area contributed by atoms with Gasteiger partial charge in [-0.1, -0.05) is 0 Å². The van der Waals surface area contributed by atoms with Gasteiger partial charge < -0.3 is 15.0 Å². The van der Waals surface area contributed by atoms with Crippen molar-refractivity contribution in [3.63, 3.8) is 0 Å². The maximum Gasteiger partial charge on any atom is 0.256 e. The van der Waals surface area contributed by atoms with Crippen molar-refractivity contribution >= 4 is 28.8 Å². The molecule has 3 rings (SSSR count). The van der Waals surface area contributed by atoms with Crippen LogP contribution < -0.4 is 5.32 Å². The molecule has 126 valence electrons. The van der Waals surface area contributed by atoms with E-state index in [9.17, 15) is 9.59 Å². The van der Waals surface area contributed by atoms with Crippen molar-refractivity contribution in [1.29, 1.82) is 0 Å². The van der Waals surface area contributed by atoms with E-state index < -0.39 is 0 Å². The highest BCUT2D eigenvalue weighted by Gasteiger charge is 2.26. The van der Waals surface area contributed by atoms with Crippen molar-refractivity contribution in [2.24, 2.45) is 0 Å². The molecule has 1 aliphatic heterocycles. The first-order valence-electron chi connectivity index (χ1n) is 7.91. The van der Waals surface area contributed by atoms with Gasteiger partial charge in [0.1, 0.15) is 0 Å². The molecule has 2 heterocycles. The van der Waals surface area contributed by atoms with Crippen LogP contribution in [0.1, 0.15) is 34.6 Å². The summed E-state index contributed by atoms with van der Waals surface area (Å²) in [5.74, 6) is -0.154. The fourth-order valence-corrected chi connectivity index (χ4v) is 3.46. The Labute approximate surface area is 145 Å². The zero-order chi connectivity index (χ0) is 17.1. The number of hydrogen-bond acceptors (Lipinski definition) is 4. The molecular formula is C18H20N2O3S. The third-order valence-electron chi connectivity index (χ3n) is 3.88. The third kappa shape index (κ3) is 3.83. The third-order valence-corrected chi connectivity index (χ3v) is 4.56. The molecular weight excluding hydrogens is 324 g/mol. The van der Waals surface area contributed by atoms with E-state index in [1.807, 2.05) is 24.1 Å². The maximum absolute atomic E-state index is 12.6. The van der Waals surface area contributed by atoms with E-state index in [0.29, 0.717) is 29.9 Å². The summed E-state index contributed by atoms with van der Waals surface area (Å²) in [6, 6.07) is 8.78. The predicted molar refractivity (Wildman–Crippen MR) is 94.6 cm³/mol. The summed E-state index contributed by atoms with van der Waals surface area (Å²) in [5, 5.41) is 6.49. The van der Waals surface area contributed by atoms with Crippen LogP contribution in [0.2, 0.25) is 0 Å². The Bertz CT molecular complexity index is 702. The molecule has 2 atom stereocenters. The van der Waals surface area contributed by atoms with Crippen LogP contribution in [0.4, 0.5) is 5.69 Å². The first kappa shape index (κ1) is 16.7. The van der Waals surface area contributed by atoms with E-state index in [1.54, 1.807) is 35.7 Å². The number of nitrogens with zero attached hydrogens (tertiary/aromatic N) is 1. The van der Waals surface area contributed by atoms with Gasteiger partial charge in [0.15, 0.2) is 0 Å². The summed E-state index contributed by atoms with van der Waals surface area (Å²) >= 11 is 1.48. The largest absolute Gasteiger partial charge is 0.372 e. The Morgan fingerprint density at radius 2 is 1.75 bits per heavy atom. The van der Waals surface area contributed by atoms with Crippen molar-refractivity contribution in [2.45, 2.75) is 26.1 Å². The number of rotatable bonds is 3. The molecule has 1 aliphatic rings. The summed E-state index contributed by atoms with van der Waals surface area (Å²) in [6.07, 6.45) is 0.0868. The van der Waals surface area contributed by atoms with Gasteiger partial charge in [0.25, 0.3) is 11.8 Å². The standard InChI is InChI=1S/C18H20N2O3S/c1-12-9-20(10-13(2)23-12)18(22)14-3-5-16(6-4-14)19-17(21)15-7-8-24-11-15/h3-8,11-13H,9-10H2,1-2H3,(H,19,21)/t12-,13+. The molecule has 1 saturated heterocycles. The highest BCUT2D eigenvalue weighted by Crippen LogP contribution is 2.17. The number of thiophene rings is 1. The van der Waals surface area contributed by atoms with E-state index in [-0.39, 0.29) is 24.0 Å². The number of carbonyl (C=O) groups is 2. The number of amides is 2. The number of nitrogens with one attached hydrogen (secondary N) is 1. The molecule has 0 saturated carbocycles. The van der Waals surface area contributed by atoms with Gasteiger partial charge in [-0.05, 0) is 49.6 Å². The molecule has 2 amide bonds. The van der Waals surface area contributed by atoms with Crippen molar-refractivity contribution in [3.05, 3.63) is 52.2 Å². The van der Waals surface area contributed by atoms with Crippen LogP contribution in [0.15, 0.2) is 41.1 Å². The molecule has 0 unspecified atom stereocenters. The fourth-order valence-electron chi connectivity index (χ4n) is 2.82. The molecule has 1 fully saturated rings. The van der Waals surface area contributed by atoms with E-state index >= 15 is 0 Å². The lowest BCUT2D eigenvalue weighted by Crippen LogP contribution is -2.48. The van der Waals surface area contributed by atoms with Gasteiger partial charge in [-0.15, -0.1) is 0 Å². The minimum Gasteiger partial charge on any atom is -0.372 e. The molecule has 6 heteroatoms. The lowest BCUT2D eigenvalue weighted by molar-refractivity contribution is -0.0586. The van der Waals surface area contributed by atoms with Crippen molar-refractivity contribution in [3.8, 4) is 0 Å². The molecule has 1 aromatic carbocycles. The SMILES string of the molecule is C[C@@H]1CN(C(=O)c2ccc(NC(=O)c3ccsc3)cc2)C[C@H](C)O1. The minimum atomic E-state index is -0.147. The van der Waals surface area contributed by atoms with E-state index in [0.717, 1.165) is 0 Å². The van der Waals surface area contributed by atoms with Gasteiger partial charge in [0.05, 0.1) is 17.8 Å². The molecule has 1 N–H and O–H groups in total. The smallest absolute Gasteiger partial charge is 0.256 e. The summed E-state index contributed by atoms with van der Waals surface area (Å²) in [4.78, 5) is 26.4. The molecule has 1 aromatic heterocycles. The first-order valence-corrected chi connectivity index (χ1v) is 8.85. The second-order valence-corrected chi connectivity index (χ2v) is 6.79. The number of hydrogen-bond donors (Lipinski definition) is 1. The van der Waals surface area contributed by atoms with Gasteiger partial charge in [0.2, 0.25) is 0 Å². The number of anilines is 1. The monoisotopic (exact) mass is 344 g/mol. The second-order valence-electron chi connectivity index (χ2n) is 6.01. The van der Waals surface area contributed by atoms with Crippen LogP contribution in [0.25, 0.3) is 0 Å². The average Bonchev–Trinajstić information content (AvgIpc) is 3.08. The average molecular weight is 344 g/mol. The quantitative estimate of drug-likeness (QED) is 0.930. The molecule has 2 aromatic rings. The Morgan fingerprint density at radius 3 is 2.33 bits per heavy atom. The minimum absolute atomic E-state index is 0.00675. The fraction of sp³-hybridized carbons (Fsp3) is 0.333. The van der Waals surface area contributed by atoms with E-state index in [1.165, 1.54) is 11.3 Å². The Morgan fingerprint density at radius 1 is 1.08 bits per heavy atom. The molecule has 5 nitrogen and oxygen atoms in total. The first-order chi connectivity index (χ1) is 11.5. The van der Waals surface area contributed by atoms with Crippen molar-refractivity contribution in [1.82, 2.24) is 4.90 Å². The van der Waals surface area contributed by atoms with Crippen LogP contribution >= 0.6 is 11.3 Å². The maximum atomic E-state index is 12.6. The molecule has 0 spiro atoms. The number of ether oxygens (including phenoxy) is 1. The summed E-state index contributed by atoms with van der Waals surface area (Å²) in [5.41, 5.74) is 1.92. The summed E-state index contributed by atoms with van der Waals surface area (Å²) in [6.45, 7) is 5.14. The normalized spacial score (nSPS) is 20.7. The van der Waals surface area contributed by atoms with Gasteiger partial charge in [0, 0.05) is 29.7 Å². The van der Waals surface area contributed by atoms with Gasteiger partial charge in [-0.2, -0.15) is 11.3 Å². The predicted octanol–water partition coefficient (Wildman–Crippen LogP) is 3.25. The molecule has 0 bridgehead atoms. The van der Waals surface area contributed by atoms with Gasteiger partial charge in [-0.25, -0.2) is 0 Å². The van der Waals surface area contributed by atoms with Crippen LogP contribution in [0.3, 0.4) is 0 Å². The Balaban J connectivity index is 1.65. The molecule has 24 heavy (non-hydrogen) atoms. The van der Waals surface area contributed by atoms with Crippen molar-refractivity contribution < 1.29 is 14.3 Å². The highest BCUT2D eigenvalue weighted by atomic mass is 32.1. The zero-order valence-electron chi connectivity index (χ0n) is 13.7.